The molecule has 3 fully saturated rings. The highest BCUT2D eigenvalue weighted by Crippen LogP contribution is 2.71. The van der Waals surface area contributed by atoms with Gasteiger partial charge in [0, 0.05) is 35.5 Å². The van der Waals surface area contributed by atoms with E-state index in [0.29, 0.717) is 37.7 Å². The highest BCUT2D eigenvalue weighted by molar-refractivity contribution is 6.01. The molecule has 3 saturated carbocycles. The minimum Gasteiger partial charge on any atom is -0.457 e. The Hall–Kier alpha value is -2.35. The van der Waals surface area contributed by atoms with E-state index in [1.807, 2.05) is 27.7 Å². The molecule has 0 aromatic carbocycles. The maximum absolute atomic E-state index is 17.5. The van der Waals surface area contributed by atoms with E-state index in [-0.39, 0.29) is 31.0 Å². The molecular formula is C30H41FO7. The van der Waals surface area contributed by atoms with E-state index >= 15 is 4.39 Å². The number of aliphatic hydroxyl groups is 1. The van der Waals surface area contributed by atoms with E-state index in [1.165, 1.54) is 12.2 Å². The number of rotatable bonds is 8. The lowest BCUT2D eigenvalue weighted by atomic mass is 9.44. The van der Waals surface area contributed by atoms with Gasteiger partial charge in [-0.1, -0.05) is 39.3 Å². The number of alkyl halides is 1. The fourth-order valence-electron chi connectivity index (χ4n) is 8.36. The van der Waals surface area contributed by atoms with Crippen molar-refractivity contribution in [1.29, 1.82) is 0 Å². The Bertz CT molecular complexity index is 1080. The van der Waals surface area contributed by atoms with Crippen LogP contribution < -0.4 is 0 Å². The second-order valence-corrected chi connectivity index (χ2v) is 12.2. The standard InChI is InChI=1S/C30H41FO7/c1-6-8-25(35)37-17-24(34)30(38-26(36)9-7-2)18(3)14-22-21-11-10-19-15-20(32)12-13-27(19,4)29(21,31)23(33)16-28(22,30)5/h12-13,15,18,21-23,33H,6-11,14,16-17H2,1-5H3/t18-,21+,22+,23+,27+,28+,29+,30+/m1/s1. The van der Waals surface area contributed by atoms with E-state index < -0.39 is 64.4 Å². The summed E-state index contributed by atoms with van der Waals surface area (Å²) < 4.78 is 28.8. The zero-order valence-corrected chi connectivity index (χ0v) is 23.2. The maximum atomic E-state index is 17.5. The molecule has 7 nitrogen and oxygen atoms in total. The molecule has 0 bridgehead atoms. The van der Waals surface area contributed by atoms with Gasteiger partial charge in [-0.2, -0.15) is 0 Å². The van der Waals surface area contributed by atoms with Gasteiger partial charge in [-0.05, 0) is 63.5 Å². The van der Waals surface area contributed by atoms with Gasteiger partial charge in [0.2, 0.25) is 5.78 Å². The largest absolute Gasteiger partial charge is 0.457 e. The van der Waals surface area contributed by atoms with Gasteiger partial charge < -0.3 is 14.6 Å². The normalized spacial score (nSPS) is 41.4. The Morgan fingerprint density at radius 1 is 1.11 bits per heavy atom. The number of fused-ring (bicyclic) bond motifs is 5. The summed E-state index contributed by atoms with van der Waals surface area (Å²) in [6, 6.07) is 0. The van der Waals surface area contributed by atoms with Crippen LogP contribution in [-0.2, 0) is 28.7 Å². The molecule has 0 spiro atoms. The lowest BCUT2D eigenvalue weighted by Gasteiger charge is -2.62. The first-order valence-electron chi connectivity index (χ1n) is 14.0. The zero-order valence-electron chi connectivity index (χ0n) is 23.2. The molecule has 0 amide bonds. The first-order valence-corrected chi connectivity index (χ1v) is 14.0. The van der Waals surface area contributed by atoms with Crippen LogP contribution in [0.4, 0.5) is 4.39 Å². The molecule has 0 saturated heterocycles. The molecule has 0 radical (unpaired) electrons. The van der Waals surface area contributed by atoms with E-state index in [0.717, 1.165) is 0 Å². The van der Waals surface area contributed by atoms with E-state index in [4.69, 9.17) is 9.47 Å². The number of aliphatic hydroxyl groups excluding tert-OH is 1. The van der Waals surface area contributed by atoms with Crippen molar-refractivity contribution in [3.05, 3.63) is 23.8 Å². The van der Waals surface area contributed by atoms with Gasteiger partial charge in [-0.3, -0.25) is 19.2 Å². The number of ketones is 2. The second kappa shape index (κ2) is 10.00. The number of carbonyl (C=O) groups excluding carboxylic acids is 4. The highest BCUT2D eigenvalue weighted by atomic mass is 19.1. The smallest absolute Gasteiger partial charge is 0.306 e. The molecule has 4 aliphatic carbocycles. The molecule has 210 valence electrons. The minimum atomic E-state index is -2.06. The molecule has 4 aliphatic rings. The topological polar surface area (TPSA) is 107 Å². The highest BCUT2D eigenvalue weighted by Gasteiger charge is 2.77. The monoisotopic (exact) mass is 532 g/mol. The predicted octanol–water partition coefficient (Wildman–Crippen LogP) is 4.60. The Labute approximate surface area is 224 Å². The SMILES string of the molecule is CCCC(=O)OCC(=O)[C@@]1(OC(=O)CCC)[C@H](C)C[C@H]2[C@@H]3CCC4=CC(=O)C=C[C@]4(C)[C@@]3(F)[C@@H](O)C[C@@]21C. The summed E-state index contributed by atoms with van der Waals surface area (Å²) in [4.78, 5) is 51.1. The summed E-state index contributed by atoms with van der Waals surface area (Å²) >= 11 is 0. The van der Waals surface area contributed by atoms with Crippen molar-refractivity contribution < 1.29 is 38.1 Å². The molecule has 0 aromatic heterocycles. The number of Topliss-reactive ketones (excluding diaryl/α,β-unsaturated/α-hetero) is 1. The summed E-state index contributed by atoms with van der Waals surface area (Å²) in [6.07, 6.45) is 5.59. The lowest BCUT2D eigenvalue weighted by molar-refractivity contribution is -0.228. The summed E-state index contributed by atoms with van der Waals surface area (Å²) in [5.41, 5.74) is -5.27. The quantitative estimate of drug-likeness (QED) is 0.456. The molecule has 0 aromatic rings. The predicted molar refractivity (Wildman–Crippen MR) is 138 cm³/mol. The number of hydrogen-bond acceptors (Lipinski definition) is 7. The number of carbonyl (C=O) groups is 4. The molecule has 0 aliphatic heterocycles. The fourth-order valence-corrected chi connectivity index (χ4v) is 8.36. The third kappa shape index (κ3) is 3.92. The molecule has 0 heterocycles. The zero-order chi connectivity index (χ0) is 28.1. The Morgan fingerprint density at radius 2 is 1.76 bits per heavy atom. The first-order chi connectivity index (χ1) is 17.8. The Morgan fingerprint density at radius 3 is 2.42 bits per heavy atom. The van der Waals surface area contributed by atoms with Crippen molar-refractivity contribution in [3.8, 4) is 0 Å². The number of esters is 2. The number of allylic oxidation sites excluding steroid dienone is 4. The summed E-state index contributed by atoms with van der Waals surface area (Å²) in [5, 5.41) is 11.6. The molecule has 0 unspecified atom stereocenters. The molecule has 4 rings (SSSR count). The van der Waals surface area contributed by atoms with Crippen molar-refractivity contribution in [2.45, 2.75) is 103 Å². The van der Waals surface area contributed by atoms with Crippen LogP contribution in [0.5, 0.6) is 0 Å². The minimum absolute atomic E-state index is 0.103. The van der Waals surface area contributed by atoms with Gasteiger partial charge in [0.05, 0.1) is 6.10 Å². The summed E-state index contributed by atoms with van der Waals surface area (Å²) in [7, 11) is 0. The molecule has 8 heteroatoms. The van der Waals surface area contributed by atoms with E-state index in [2.05, 4.69) is 0 Å². The van der Waals surface area contributed by atoms with Gasteiger partial charge in [0.15, 0.2) is 23.7 Å². The Kier molecular flexibility index (Phi) is 7.54. The van der Waals surface area contributed by atoms with Gasteiger partial charge >= 0.3 is 11.9 Å². The summed E-state index contributed by atoms with van der Waals surface area (Å²) in [5.74, 6) is -3.22. The molecule has 38 heavy (non-hydrogen) atoms. The van der Waals surface area contributed by atoms with Gasteiger partial charge in [-0.25, -0.2) is 4.39 Å². The third-order valence-corrected chi connectivity index (χ3v) is 10.1. The molecule has 8 atom stereocenters. The van der Waals surface area contributed by atoms with Crippen LogP contribution in [0, 0.1) is 28.6 Å². The van der Waals surface area contributed by atoms with Crippen LogP contribution in [0.3, 0.4) is 0 Å². The van der Waals surface area contributed by atoms with Gasteiger partial charge in [0.25, 0.3) is 0 Å². The maximum Gasteiger partial charge on any atom is 0.306 e. The van der Waals surface area contributed by atoms with Crippen LogP contribution in [-0.4, -0.2) is 52.6 Å². The van der Waals surface area contributed by atoms with E-state index in [9.17, 15) is 24.3 Å². The van der Waals surface area contributed by atoms with Gasteiger partial charge in [-0.15, -0.1) is 0 Å². The number of halogens is 1. The van der Waals surface area contributed by atoms with Gasteiger partial charge in [0.1, 0.15) is 0 Å². The van der Waals surface area contributed by atoms with Crippen LogP contribution in [0.2, 0.25) is 0 Å². The number of ether oxygens (including phenoxy) is 2. The molecule has 1 N–H and O–H groups in total. The van der Waals surface area contributed by atoms with Crippen LogP contribution >= 0.6 is 0 Å². The molecular weight excluding hydrogens is 491 g/mol. The van der Waals surface area contributed by atoms with Crippen LogP contribution in [0.15, 0.2) is 23.8 Å². The van der Waals surface area contributed by atoms with Crippen molar-refractivity contribution in [2.75, 3.05) is 6.61 Å². The summed E-state index contributed by atoms with van der Waals surface area (Å²) in [6.45, 7) is 8.52. The number of hydrogen-bond donors (Lipinski definition) is 1. The van der Waals surface area contributed by atoms with Crippen LogP contribution in [0.1, 0.15) is 86.0 Å². The lowest BCUT2D eigenvalue weighted by Crippen LogP contribution is -2.70. The average Bonchev–Trinajstić information content (AvgIpc) is 3.06. The van der Waals surface area contributed by atoms with Crippen molar-refractivity contribution in [3.63, 3.8) is 0 Å². The second-order valence-electron chi connectivity index (χ2n) is 12.2. The fraction of sp³-hybridized carbons (Fsp3) is 0.733. The van der Waals surface area contributed by atoms with E-state index in [1.54, 1.807) is 13.0 Å². The third-order valence-electron chi connectivity index (χ3n) is 10.1. The average molecular weight is 533 g/mol. The van der Waals surface area contributed by atoms with Crippen molar-refractivity contribution >= 4 is 23.5 Å². The van der Waals surface area contributed by atoms with Crippen molar-refractivity contribution in [2.24, 2.45) is 28.6 Å². The van der Waals surface area contributed by atoms with Crippen molar-refractivity contribution in [1.82, 2.24) is 0 Å². The first kappa shape index (κ1) is 28.7. The Balaban J connectivity index is 1.77. The van der Waals surface area contributed by atoms with Crippen LogP contribution in [0.25, 0.3) is 0 Å².